The lowest BCUT2D eigenvalue weighted by Gasteiger charge is -2.31. The van der Waals surface area contributed by atoms with E-state index in [4.69, 9.17) is 0 Å². The van der Waals surface area contributed by atoms with Crippen LogP contribution in [0.3, 0.4) is 0 Å². The summed E-state index contributed by atoms with van der Waals surface area (Å²) < 4.78 is 0. The predicted molar refractivity (Wildman–Crippen MR) is 49.3 cm³/mol. The second-order valence-corrected chi connectivity index (χ2v) is 4.15. The van der Waals surface area contributed by atoms with E-state index in [0.717, 1.165) is 24.8 Å². The maximum Gasteiger partial charge on any atom is 0.155 e. The maximum atomic E-state index is 11.7. The van der Waals surface area contributed by atoms with Gasteiger partial charge in [0.05, 0.1) is 5.41 Å². The van der Waals surface area contributed by atoms with Crippen LogP contribution in [0, 0.1) is 5.41 Å². The highest BCUT2D eigenvalue weighted by Crippen LogP contribution is 2.46. The van der Waals surface area contributed by atoms with Crippen molar-refractivity contribution >= 4 is 11.6 Å². The van der Waals surface area contributed by atoms with E-state index in [9.17, 15) is 9.59 Å². The molecule has 0 aromatic carbocycles. The first-order valence-corrected chi connectivity index (χ1v) is 4.90. The van der Waals surface area contributed by atoms with E-state index in [1.165, 1.54) is 0 Å². The van der Waals surface area contributed by atoms with E-state index < -0.39 is 0 Å². The minimum atomic E-state index is -0.228. The van der Waals surface area contributed by atoms with Gasteiger partial charge in [0.25, 0.3) is 0 Å². The smallest absolute Gasteiger partial charge is 0.155 e. The molecule has 2 rings (SSSR count). The van der Waals surface area contributed by atoms with Crippen LogP contribution in [0.25, 0.3) is 0 Å². The molecule has 1 atom stereocenters. The molecule has 0 aromatic heterocycles. The van der Waals surface area contributed by atoms with E-state index in [-0.39, 0.29) is 11.2 Å². The number of hydrogen-bond acceptors (Lipinski definition) is 2. The highest BCUT2D eigenvalue weighted by molar-refractivity contribution is 5.97. The Morgan fingerprint density at radius 1 is 1.23 bits per heavy atom. The highest BCUT2D eigenvalue weighted by atomic mass is 16.1. The summed E-state index contributed by atoms with van der Waals surface area (Å²) in [7, 11) is 0. The standard InChI is InChI=1S/C11H14O2/c1-8-7-9(12)4-6-11(8)5-2-3-10(11)13/h7H,2-6H2,1H3. The Morgan fingerprint density at radius 2 is 2.00 bits per heavy atom. The topological polar surface area (TPSA) is 34.1 Å². The molecule has 70 valence electrons. The van der Waals surface area contributed by atoms with Crippen molar-refractivity contribution in [3.8, 4) is 0 Å². The van der Waals surface area contributed by atoms with Gasteiger partial charge in [-0.25, -0.2) is 0 Å². The minimum Gasteiger partial charge on any atom is -0.299 e. The molecule has 1 saturated carbocycles. The van der Waals surface area contributed by atoms with Gasteiger partial charge in [0.15, 0.2) is 5.78 Å². The van der Waals surface area contributed by atoms with Crippen LogP contribution in [0.1, 0.15) is 39.0 Å². The Balaban J connectivity index is 2.38. The summed E-state index contributed by atoms with van der Waals surface area (Å²) >= 11 is 0. The van der Waals surface area contributed by atoms with E-state index >= 15 is 0 Å². The van der Waals surface area contributed by atoms with Crippen molar-refractivity contribution in [1.29, 1.82) is 0 Å². The van der Waals surface area contributed by atoms with Crippen molar-refractivity contribution in [2.45, 2.75) is 39.0 Å². The zero-order chi connectivity index (χ0) is 9.47. The van der Waals surface area contributed by atoms with Crippen LogP contribution in [0.5, 0.6) is 0 Å². The molecule has 0 heterocycles. The first kappa shape index (κ1) is 8.67. The van der Waals surface area contributed by atoms with Gasteiger partial charge in [-0.3, -0.25) is 9.59 Å². The lowest BCUT2D eigenvalue weighted by Crippen LogP contribution is -2.31. The molecular formula is C11H14O2. The van der Waals surface area contributed by atoms with Gasteiger partial charge in [0, 0.05) is 12.8 Å². The normalized spacial score (nSPS) is 34.1. The highest BCUT2D eigenvalue weighted by Gasteiger charge is 2.44. The lowest BCUT2D eigenvalue weighted by molar-refractivity contribution is -0.125. The molecule has 2 aliphatic rings. The fraction of sp³-hybridized carbons (Fsp3) is 0.636. The monoisotopic (exact) mass is 178 g/mol. The van der Waals surface area contributed by atoms with Crippen molar-refractivity contribution < 1.29 is 9.59 Å². The number of Topliss-reactive ketones (excluding diaryl/α,β-unsaturated/α-hetero) is 1. The number of hydrogen-bond donors (Lipinski definition) is 0. The zero-order valence-corrected chi connectivity index (χ0v) is 7.93. The molecule has 13 heavy (non-hydrogen) atoms. The molecule has 2 nitrogen and oxygen atoms in total. The van der Waals surface area contributed by atoms with Crippen LogP contribution in [0.2, 0.25) is 0 Å². The Labute approximate surface area is 78.0 Å². The third-order valence-corrected chi connectivity index (χ3v) is 3.47. The quantitative estimate of drug-likeness (QED) is 0.568. The molecule has 0 aliphatic heterocycles. The molecule has 0 aromatic rings. The van der Waals surface area contributed by atoms with Crippen LogP contribution in [-0.2, 0) is 9.59 Å². The van der Waals surface area contributed by atoms with Gasteiger partial charge < -0.3 is 0 Å². The molecule has 0 N–H and O–H groups in total. The van der Waals surface area contributed by atoms with Crippen LogP contribution < -0.4 is 0 Å². The summed E-state index contributed by atoms with van der Waals surface area (Å²) in [6.07, 6.45) is 5.65. The van der Waals surface area contributed by atoms with Gasteiger partial charge in [-0.1, -0.05) is 5.57 Å². The second-order valence-electron chi connectivity index (χ2n) is 4.15. The van der Waals surface area contributed by atoms with E-state index in [1.54, 1.807) is 6.08 Å². The van der Waals surface area contributed by atoms with Gasteiger partial charge in [-0.15, -0.1) is 0 Å². The lowest BCUT2D eigenvalue weighted by atomic mass is 9.71. The Morgan fingerprint density at radius 3 is 2.54 bits per heavy atom. The molecule has 1 spiro atoms. The summed E-state index contributed by atoms with van der Waals surface area (Å²) in [5.74, 6) is 0.538. The number of carbonyl (C=O) groups is 2. The summed E-state index contributed by atoms with van der Waals surface area (Å²) in [6.45, 7) is 1.93. The predicted octanol–water partition coefficient (Wildman–Crippen LogP) is 2.04. The molecule has 0 amide bonds. The minimum absolute atomic E-state index is 0.183. The van der Waals surface area contributed by atoms with Gasteiger partial charge in [-0.2, -0.15) is 0 Å². The number of rotatable bonds is 0. The summed E-state index contributed by atoms with van der Waals surface area (Å²) in [4.78, 5) is 22.8. The molecule has 1 unspecified atom stereocenters. The SMILES string of the molecule is CC1=CC(=O)CCC12CCCC2=O. The summed E-state index contributed by atoms with van der Waals surface area (Å²) in [5, 5.41) is 0. The fourth-order valence-corrected chi connectivity index (χ4v) is 2.60. The van der Waals surface area contributed by atoms with Gasteiger partial charge in [-0.05, 0) is 32.3 Å². The summed E-state index contributed by atoms with van der Waals surface area (Å²) in [5.41, 5.74) is 0.778. The van der Waals surface area contributed by atoms with E-state index in [2.05, 4.69) is 0 Å². The van der Waals surface area contributed by atoms with E-state index in [1.807, 2.05) is 6.92 Å². The Hall–Kier alpha value is -0.920. The molecule has 2 heteroatoms. The fourth-order valence-electron chi connectivity index (χ4n) is 2.60. The Kier molecular flexibility index (Phi) is 1.86. The summed E-state index contributed by atoms with van der Waals surface area (Å²) in [6, 6.07) is 0. The number of ketones is 2. The van der Waals surface area contributed by atoms with E-state index in [0.29, 0.717) is 18.6 Å². The van der Waals surface area contributed by atoms with Crippen molar-refractivity contribution in [3.05, 3.63) is 11.6 Å². The average molecular weight is 178 g/mol. The van der Waals surface area contributed by atoms with Crippen molar-refractivity contribution in [2.75, 3.05) is 0 Å². The third-order valence-electron chi connectivity index (χ3n) is 3.47. The Bertz CT molecular complexity index is 301. The van der Waals surface area contributed by atoms with Crippen LogP contribution in [0.4, 0.5) is 0 Å². The maximum absolute atomic E-state index is 11.7. The van der Waals surface area contributed by atoms with Gasteiger partial charge in [0.1, 0.15) is 5.78 Å². The molecule has 0 radical (unpaired) electrons. The third kappa shape index (κ3) is 1.16. The number of allylic oxidation sites excluding steroid dienone is 2. The van der Waals surface area contributed by atoms with Gasteiger partial charge >= 0.3 is 0 Å². The van der Waals surface area contributed by atoms with Crippen LogP contribution in [-0.4, -0.2) is 11.6 Å². The van der Waals surface area contributed by atoms with Crippen molar-refractivity contribution in [2.24, 2.45) is 5.41 Å². The molecular weight excluding hydrogens is 164 g/mol. The molecule has 1 fully saturated rings. The van der Waals surface area contributed by atoms with Crippen LogP contribution >= 0.6 is 0 Å². The zero-order valence-electron chi connectivity index (χ0n) is 7.93. The average Bonchev–Trinajstić information content (AvgIpc) is 2.43. The largest absolute Gasteiger partial charge is 0.299 e. The van der Waals surface area contributed by atoms with Gasteiger partial charge in [0.2, 0.25) is 0 Å². The van der Waals surface area contributed by atoms with Crippen molar-refractivity contribution in [3.63, 3.8) is 0 Å². The first-order chi connectivity index (χ1) is 6.15. The second kappa shape index (κ2) is 2.79. The molecule has 2 aliphatic carbocycles. The van der Waals surface area contributed by atoms with Crippen molar-refractivity contribution in [1.82, 2.24) is 0 Å². The number of carbonyl (C=O) groups excluding carboxylic acids is 2. The van der Waals surface area contributed by atoms with Crippen LogP contribution in [0.15, 0.2) is 11.6 Å². The molecule has 0 saturated heterocycles. The first-order valence-electron chi connectivity index (χ1n) is 4.90. The molecule has 0 bridgehead atoms.